The van der Waals surface area contributed by atoms with E-state index in [0.29, 0.717) is 11.0 Å². The van der Waals surface area contributed by atoms with E-state index in [0.717, 1.165) is 0 Å². The molecule has 6 heteroatoms. The number of nitrogens with zero attached hydrogens (tertiary/aromatic N) is 2. The van der Waals surface area contributed by atoms with Crippen LogP contribution in [-0.4, -0.2) is 16.6 Å². The predicted molar refractivity (Wildman–Crippen MR) is 41.3 cm³/mol. The largest absolute Gasteiger partial charge is 0.401 e. The zero-order valence-corrected chi connectivity index (χ0v) is 7.46. The molecule has 0 aliphatic heterocycles. The van der Waals surface area contributed by atoms with Gasteiger partial charge in [-0.1, -0.05) is 15.9 Å². The SMILES string of the molecule is FC(F)Oc1nccc(CBr)n1. The Balaban J connectivity index is 2.72. The van der Waals surface area contributed by atoms with Crippen molar-refractivity contribution >= 4 is 15.9 Å². The molecule has 0 bridgehead atoms. The van der Waals surface area contributed by atoms with Crippen LogP contribution in [0.3, 0.4) is 0 Å². The van der Waals surface area contributed by atoms with Crippen LogP contribution in [-0.2, 0) is 5.33 Å². The number of hydrogen-bond acceptors (Lipinski definition) is 3. The Bertz CT molecular complexity index is 259. The maximum absolute atomic E-state index is 11.6. The van der Waals surface area contributed by atoms with E-state index in [9.17, 15) is 8.78 Å². The third-order valence-corrected chi connectivity index (χ3v) is 1.60. The first-order chi connectivity index (χ1) is 5.72. The summed E-state index contributed by atoms with van der Waals surface area (Å²) >= 11 is 3.12. The molecule has 12 heavy (non-hydrogen) atoms. The summed E-state index contributed by atoms with van der Waals surface area (Å²) in [6, 6.07) is 1.30. The predicted octanol–water partition coefficient (Wildman–Crippen LogP) is 1.97. The van der Waals surface area contributed by atoms with Crippen molar-refractivity contribution in [1.29, 1.82) is 0 Å². The van der Waals surface area contributed by atoms with Crippen molar-refractivity contribution in [1.82, 2.24) is 9.97 Å². The first kappa shape index (κ1) is 9.31. The fraction of sp³-hybridized carbons (Fsp3) is 0.333. The molecule has 0 fully saturated rings. The van der Waals surface area contributed by atoms with E-state index in [1.165, 1.54) is 6.20 Å². The fourth-order valence-electron chi connectivity index (χ4n) is 0.587. The summed E-state index contributed by atoms with van der Waals surface area (Å²) in [5.74, 6) is 0. The highest BCUT2D eigenvalue weighted by atomic mass is 79.9. The number of alkyl halides is 3. The van der Waals surface area contributed by atoms with Gasteiger partial charge in [0.25, 0.3) is 0 Å². The van der Waals surface area contributed by atoms with Crippen LogP contribution in [0.15, 0.2) is 12.3 Å². The second-order valence-electron chi connectivity index (χ2n) is 1.84. The highest BCUT2D eigenvalue weighted by molar-refractivity contribution is 9.08. The molecule has 1 aromatic heterocycles. The van der Waals surface area contributed by atoms with Crippen molar-refractivity contribution in [3.8, 4) is 6.01 Å². The third-order valence-electron chi connectivity index (χ3n) is 1.02. The summed E-state index contributed by atoms with van der Waals surface area (Å²) in [5, 5.41) is 0.481. The van der Waals surface area contributed by atoms with Crippen molar-refractivity contribution in [3.05, 3.63) is 18.0 Å². The Hall–Kier alpha value is -0.780. The highest BCUT2D eigenvalue weighted by Crippen LogP contribution is 2.08. The van der Waals surface area contributed by atoms with Crippen LogP contribution in [0.5, 0.6) is 6.01 Å². The van der Waals surface area contributed by atoms with Crippen LogP contribution in [0, 0.1) is 0 Å². The van der Waals surface area contributed by atoms with Gasteiger partial charge in [0.05, 0.1) is 5.69 Å². The maximum Gasteiger partial charge on any atom is 0.389 e. The lowest BCUT2D eigenvalue weighted by molar-refractivity contribution is -0.0561. The number of halogens is 3. The van der Waals surface area contributed by atoms with Crippen LogP contribution in [0.4, 0.5) is 8.78 Å². The van der Waals surface area contributed by atoms with Crippen molar-refractivity contribution < 1.29 is 13.5 Å². The highest BCUT2D eigenvalue weighted by Gasteiger charge is 2.06. The van der Waals surface area contributed by atoms with E-state index in [-0.39, 0.29) is 6.01 Å². The Kier molecular flexibility index (Phi) is 3.33. The first-order valence-corrected chi connectivity index (χ1v) is 4.17. The molecule has 0 radical (unpaired) electrons. The van der Waals surface area contributed by atoms with Crippen LogP contribution in [0.1, 0.15) is 5.69 Å². The van der Waals surface area contributed by atoms with E-state index in [1.54, 1.807) is 6.07 Å². The first-order valence-electron chi connectivity index (χ1n) is 3.05. The van der Waals surface area contributed by atoms with Gasteiger partial charge in [-0.15, -0.1) is 0 Å². The van der Waals surface area contributed by atoms with Gasteiger partial charge in [0, 0.05) is 11.5 Å². The van der Waals surface area contributed by atoms with Crippen LogP contribution < -0.4 is 4.74 Å². The molecule has 0 aliphatic rings. The summed E-state index contributed by atoms with van der Waals surface area (Å²) in [6.45, 7) is -2.88. The van der Waals surface area contributed by atoms with Gasteiger partial charge < -0.3 is 4.74 Å². The van der Waals surface area contributed by atoms with E-state index in [2.05, 4.69) is 30.6 Å². The van der Waals surface area contributed by atoms with Crippen molar-refractivity contribution in [2.24, 2.45) is 0 Å². The van der Waals surface area contributed by atoms with Crippen LogP contribution in [0.2, 0.25) is 0 Å². The number of ether oxygens (including phenoxy) is 1. The summed E-state index contributed by atoms with van der Waals surface area (Å²) < 4.78 is 27.3. The third kappa shape index (κ3) is 2.69. The fourth-order valence-corrected chi connectivity index (χ4v) is 0.899. The van der Waals surface area contributed by atoms with Gasteiger partial charge in [-0.3, -0.25) is 0 Å². The average Bonchev–Trinajstić information content (AvgIpc) is 2.03. The van der Waals surface area contributed by atoms with Crippen LogP contribution in [0.25, 0.3) is 0 Å². The van der Waals surface area contributed by atoms with Crippen LogP contribution >= 0.6 is 15.9 Å². The summed E-state index contributed by atoms with van der Waals surface area (Å²) in [4.78, 5) is 7.16. The molecular formula is C6H5BrF2N2O. The molecule has 0 spiro atoms. The second kappa shape index (κ2) is 4.30. The minimum atomic E-state index is -2.88. The van der Waals surface area contributed by atoms with Gasteiger partial charge in [-0.2, -0.15) is 13.8 Å². The number of hydrogen-bond donors (Lipinski definition) is 0. The quantitative estimate of drug-likeness (QED) is 0.756. The number of aromatic nitrogens is 2. The van der Waals surface area contributed by atoms with Gasteiger partial charge in [0.15, 0.2) is 0 Å². The Morgan fingerprint density at radius 1 is 1.58 bits per heavy atom. The lowest BCUT2D eigenvalue weighted by atomic mass is 10.5. The second-order valence-corrected chi connectivity index (χ2v) is 2.40. The average molecular weight is 239 g/mol. The summed E-state index contributed by atoms with van der Waals surface area (Å²) in [6.07, 6.45) is 1.36. The molecule has 0 saturated carbocycles. The minimum Gasteiger partial charge on any atom is -0.401 e. The monoisotopic (exact) mass is 238 g/mol. The molecule has 0 saturated heterocycles. The molecule has 66 valence electrons. The van der Waals surface area contributed by atoms with E-state index >= 15 is 0 Å². The normalized spacial score (nSPS) is 10.3. The Labute approximate surface area is 75.9 Å². The Morgan fingerprint density at radius 3 is 2.92 bits per heavy atom. The van der Waals surface area contributed by atoms with Gasteiger partial charge in [-0.05, 0) is 6.07 Å². The van der Waals surface area contributed by atoms with Crippen molar-refractivity contribution in [3.63, 3.8) is 0 Å². The molecule has 0 atom stereocenters. The van der Waals surface area contributed by atoms with E-state index in [1.807, 2.05) is 0 Å². The summed E-state index contributed by atoms with van der Waals surface area (Å²) in [5.41, 5.74) is 0.598. The smallest absolute Gasteiger partial charge is 0.389 e. The van der Waals surface area contributed by atoms with Gasteiger partial charge in [0.2, 0.25) is 0 Å². The van der Waals surface area contributed by atoms with E-state index in [4.69, 9.17) is 0 Å². The maximum atomic E-state index is 11.6. The molecule has 0 aromatic carbocycles. The molecule has 0 N–H and O–H groups in total. The van der Waals surface area contributed by atoms with Gasteiger partial charge >= 0.3 is 12.6 Å². The molecule has 1 rings (SSSR count). The molecule has 1 aromatic rings. The molecular weight excluding hydrogens is 234 g/mol. The number of rotatable bonds is 3. The lowest BCUT2D eigenvalue weighted by Gasteiger charge is -2.01. The molecule has 1 heterocycles. The zero-order chi connectivity index (χ0) is 8.97. The minimum absolute atomic E-state index is 0.304. The van der Waals surface area contributed by atoms with Gasteiger partial charge in [-0.25, -0.2) is 4.98 Å². The van der Waals surface area contributed by atoms with Crippen molar-refractivity contribution in [2.75, 3.05) is 0 Å². The van der Waals surface area contributed by atoms with E-state index < -0.39 is 6.61 Å². The molecule has 3 nitrogen and oxygen atoms in total. The molecule has 0 unspecified atom stereocenters. The molecule has 0 aliphatic carbocycles. The van der Waals surface area contributed by atoms with Crippen molar-refractivity contribution in [2.45, 2.75) is 11.9 Å². The summed E-state index contributed by atoms with van der Waals surface area (Å²) in [7, 11) is 0. The lowest BCUT2D eigenvalue weighted by Crippen LogP contribution is -2.05. The van der Waals surface area contributed by atoms with Gasteiger partial charge in [0.1, 0.15) is 0 Å². The Morgan fingerprint density at radius 2 is 2.33 bits per heavy atom. The zero-order valence-electron chi connectivity index (χ0n) is 5.88. The topological polar surface area (TPSA) is 35.0 Å². The molecule has 0 amide bonds. The standard InChI is InChI=1S/C6H5BrF2N2O/c7-3-4-1-2-10-6(11-4)12-5(8)9/h1-2,5H,3H2.